The molecule has 264 valence electrons. The second kappa shape index (κ2) is 32.6. The summed E-state index contributed by atoms with van der Waals surface area (Å²) in [4.78, 5) is 34.4. The van der Waals surface area contributed by atoms with Crippen molar-refractivity contribution in [2.45, 2.75) is 129 Å². The highest BCUT2D eigenvalue weighted by Crippen LogP contribution is 2.43. The lowest BCUT2D eigenvalue weighted by Gasteiger charge is -2.19. The smallest absolute Gasteiger partial charge is 0.462 e. The molecule has 0 amide bonds. The van der Waals surface area contributed by atoms with Crippen LogP contribution >= 0.6 is 7.82 Å². The number of nitrogens with two attached hydrogens (primary N) is 1. The summed E-state index contributed by atoms with van der Waals surface area (Å²) >= 11 is 0. The Bertz CT molecular complexity index is 944. The molecule has 10 heteroatoms. The summed E-state index contributed by atoms with van der Waals surface area (Å²) in [6.07, 6.45) is 35.7. The molecule has 0 spiro atoms. The summed E-state index contributed by atoms with van der Waals surface area (Å²) in [6, 6.07) is 0. The van der Waals surface area contributed by atoms with Crippen LogP contribution in [0.5, 0.6) is 0 Å². The Balaban J connectivity index is 4.28. The number of rotatable bonds is 31. The van der Waals surface area contributed by atoms with E-state index in [1.54, 1.807) is 0 Å². The monoisotopic (exact) mass is 667 g/mol. The van der Waals surface area contributed by atoms with Gasteiger partial charge in [0.25, 0.3) is 0 Å². The van der Waals surface area contributed by atoms with E-state index in [9.17, 15) is 19.0 Å². The molecule has 0 aliphatic heterocycles. The lowest BCUT2D eigenvalue weighted by atomic mass is 10.1. The molecule has 0 aliphatic rings. The number of carbonyl (C=O) groups is 2. The summed E-state index contributed by atoms with van der Waals surface area (Å²) in [6.45, 7) is 3.47. The third-order valence-electron chi connectivity index (χ3n) is 6.67. The molecule has 0 bridgehead atoms. The fourth-order valence-corrected chi connectivity index (χ4v) is 4.89. The highest BCUT2D eigenvalue weighted by atomic mass is 31.2. The van der Waals surface area contributed by atoms with Gasteiger partial charge in [0.1, 0.15) is 6.61 Å². The van der Waals surface area contributed by atoms with Crippen molar-refractivity contribution in [3.8, 4) is 0 Å². The van der Waals surface area contributed by atoms with Crippen LogP contribution in [0, 0.1) is 0 Å². The molecule has 0 fully saturated rings. The SMILES string of the molecule is CC/C=C\C/C=C\C/C=C\C/C=C\C/C=C\CCCCCC(=O)OC(COC(=O)CCCCCCCC)COP(=O)(O)OCCN. The van der Waals surface area contributed by atoms with Crippen LogP contribution in [0.1, 0.15) is 123 Å². The second-order valence-electron chi connectivity index (χ2n) is 11.0. The van der Waals surface area contributed by atoms with Gasteiger partial charge in [0, 0.05) is 19.4 Å². The van der Waals surface area contributed by atoms with Gasteiger partial charge in [0.05, 0.1) is 13.2 Å². The molecule has 0 aromatic heterocycles. The molecule has 0 saturated heterocycles. The van der Waals surface area contributed by atoms with Crippen molar-refractivity contribution in [2.24, 2.45) is 5.73 Å². The normalized spacial score (nSPS) is 14.3. The standard InChI is InChI=1S/C36H62NO8P/c1-3-5-7-9-11-12-13-14-15-16-17-18-19-20-21-22-23-25-27-29-36(39)45-34(33-44-46(40,41)43-31-30-37)32-42-35(38)28-26-24-10-8-6-4-2/h5,7,11-12,14-15,17-18,20-21,34H,3-4,6,8-10,13,16,19,22-33,37H2,1-2H3,(H,40,41)/b7-5-,12-11-,15-14-,18-17-,21-20-. The first-order valence-corrected chi connectivity index (χ1v) is 18.8. The molecule has 0 aliphatic carbocycles. The van der Waals surface area contributed by atoms with E-state index in [4.69, 9.17) is 24.3 Å². The summed E-state index contributed by atoms with van der Waals surface area (Å²) in [7, 11) is -4.37. The zero-order valence-corrected chi connectivity index (χ0v) is 29.4. The van der Waals surface area contributed by atoms with Crippen LogP contribution in [-0.4, -0.2) is 49.3 Å². The lowest BCUT2D eigenvalue weighted by Crippen LogP contribution is -2.29. The molecule has 3 N–H and O–H groups in total. The number of unbranched alkanes of at least 4 members (excludes halogenated alkanes) is 8. The zero-order chi connectivity index (χ0) is 34.0. The number of ether oxygens (including phenoxy) is 2. The molecule has 0 saturated carbocycles. The Kier molecular flexibility index (Phi) is 31.0. The molecule has 2 unspecified atom stereocenters. The number of allylic oxidation sites excluding steroid dienone is 10. The van der Waals surface area contributed by atoms with E-state index >= 15 is 0 Å². The predicted molar refractivity (Wildman–Crippen MR) is 187 cm³/mol. The predicted octanol–water partition coefficient (Wildman–Crippen LogP) is 8.99. The Labute approximate surface area is 279 Å². The molecule has 0 radical (unpaired) electrons. The number of phosphoric acid groups is 1. The van der Waals surface area contributed by atoms with E-state index in [0.717, 1.165) is 83.5 Å². The van der Waals surface area contributed by atoms with Gasteiger partial charge in [0.2, 0.25) is 0 Å². The maximum atomic E-state index is 12.4. The zero-order valence-electron chi connectivity index (χ0n) is 28.5. The number of hydrogen-bond acceptors (Lipinski definition) is 8. The average molecular weight is 668 g/mol. The third-order valence-corrected chi connectivity index (χ3v) is 7.65. The van der Waals surface area contributed by atoms with Gasteiger partial charge in [-0.15, -0.1) is 0 Å². The van der Waals surface area contributed by atoms with Gasteiger partial charge in [0.15, 0.2) is 6.10 Å². The number of hydrogen-bond donors (Lipinski definition) is 2. The lowest BCUT2D eigenvalue weighted by molar-refractivity contribution is -0.161. The quantitative estimate of drug-likeness (QED) is 0.0321. The van der Waals surface area contributed by atoms with Gasteiger partial charge < -0.3 is 20.1 Å². The molecular weight excluding hydrogens is 605 g/mol. The Morgan fingerprint density at radius 2 is 1.20 bits per heavy atom. The van der Waals surface area contributed by atoms with Gasteiger partial charge in [-0.1, -0.05) is 113 Å². The summed E-state index contributed by atoms with van der Waals surface area (Å²) in [5, 5.41) is 0. The number of phosphoric ester groups is 1. The van der Waals surface area contributed by atoms with Crippen molar-refractivity contribution >= 4 is 19.8 Å². The first-order chi connectivity index (χ1) is 22.3. The van der Waals surface area contributed by atoms with Crippen LogP contribution in [-0.2, 0) is 32.7 Å². The minimum Gasteiger partial charge on any atom is -0.462 e. The fraction of sp³-hybridized carbons (Fsp3) is 0.667. The van der Waals surface area contributed by atoms with E-state index in [2.05, 4.69) is 74.6 Å². The maximum Gasteiger partial charge on any atom is 0.472 e. The van der Waals surface area contributed by atoms with Crippen LogP contribution in [0.3, 0.4) is 0 Å². The van der Waals surface area contributed by atoms with Crippen LogP contribution in [0.15, 0.2) is 60.8 Å². The minimum atomic E-state index is -4.37. The molecule has 9 nitrogen and oxygen atoms in total. The molecular formula is C36H62NO8P. The fourth-order valence-electron chi connectivity index (χ4n) is 4.13. The third kappa shape index (κ3) is 31.7. The number of esters is 2. The molecule has 46 heavy (non-hydrogen) atoms. The van der Waals surface area contributed by atoms with Crippen molar-refractivity contribution in [3.63, 3.8) is 0 Å². The average Bonchev–Trinajstić information content (AvgIpc) is 3.04. The summed E-state index contributed by atoms with van der Waals surface area (Å²) in [5.41, 5.74) is 5.30. The number of carbonyl (C=O) groups excluding carboxylic acids is 2. The van der Waals surface area contributed by atoms with Gasteiger partial charge >= 0.3 is 19.8 Å². The van der Waals surface area contributed by atoms with Crippen LogP contribution in [0.25, 0.3) is 0 Å². The van der Waals surface area contributed by atoms with Gasteiger partial charge in [-0.2, -0.15) is 0 Å². The first-order valence-electron chi connectivity index (χ1n) is 17.3. The van der Waals surface area contributed by atoms with Crippen LogP contribution in [0.2, 0.25) is 0 Å². The van der Waals surface area contributed by atoms with Crippen LogP contribution in [0.4, 0.5) is 0 Å². The van der Waals surface area contributed by atoms with Crippen LogP contribution < -0.4 is 5.73 Å². The largest absolute Gasteiger partial charge is 0.472 e. The van der Waals surface area contributed by atoms with Crippen molar-refractivity contribution in [2.75, 3.05) is 26.4 Å². The van der Waals surface area contributed by atoms with E-state index in [-0.39, 0.29) is 32.6 Å². The van der Waals surface area contributed by atoms with E-state index in [0.29, 0.717) is 6.42 Å². The Morgan fingerprint density at radius 3 is 1.78 bits per heavy atom. The molecule has 0 rings (SSSR count). The van der Waals surface area contributed by atoms with E-state index in [1.165, 1.54) is 6.42 Å². The topological polar surface area (TPSA) is 134 Å². The van der Waals surface area contributed by atoms with E-state index < -0.39 is 32.5 Å². The van der Waals surface area contributed by atoms with Crippen molar-refractivity contribution in [1.29, 1.82) is 0 Å². The first kappa shape index (κ1) is 43.7. The van der Waals surface area contributed by atoms with E-state index in [1.807, 2.05) is 0 Å². The molecule has 2 atom stereocenters. The minimum absolute atomic E-state index is 0.0451. The van der Waals surface area contributed by atoms with Crippen molar-refractivity contribution in [1.82, 2.24) is 0 Å². The highest BCUT2D eigenvalue weighted by molar-refractivity contribution is 7.47. The van der Waals surface area contributed by atoms with Gasteiger partial charge in [-0.3, -0.25) is 18.6 Å². The van der Waals surface area contributed by atoms with Gasteiger partial charge in [-0.05, 0) is 57.8 Å². The van der Waals surface area contributed by atoms with Crippen molar-refractivity contribution in [3.05, 3.63) is 60.8 Å². The maximum absolute atomic E-state index is 12.4. The van der Waals surface area contributed by atoms with Gasteiger partial charge in [-0.25, -0.2) is 4.57 Å². The molecule has 0 heterocycles. The molecule has 0 aromatic carbocycles. The highest BCUT2D eigenvalue weighted by Gasteiger charge is 2.25. The summed E-state index contributed by atoms with van der Waals surface area (Å²) < 4.78 is 32.4. The Morgan fingerprint density at radius 1 is 0.674 bits per heavy atom. The Hall–Kier alpha value is -2.29. The second-order valence-corrected chi connectivity index (χ2v) is 12.5. The molecule has 0 aromatic rings. The summed E-state index contributed by atoms with van der Waals surface area (Å²) in [5.74, 6) is -0.885. The van der Waals surface area contributed by atoms with Crippen molar-refractivity contribution < 1.29 is 37.6 Å².